The molecule has 0 bridgehead atoms. The van der Waals surface area contributed by atoms with E-state index in [0.29, 0.717) is 6.42 Å². The minimum atomic E-state index is -0.593. The van der Waals surface area contributed by atoms with Gasteiger partial charge in [0.2, 0.25) is 12.1 Å². The van der Waals surface area contributed by atoms with Crippen molar-refractivity contribution in [1.29, 1.82) is 0 Å². The van der Waals surface area contributed by atoms with Gasteiger partial charge in [-0.1, -0.05) is 57.0 Å². The SMILES string of the molecule is CCCCC(=O)N1C(c2ccc(C)cc2)OC(=O)[C@@H]1C(C)C. The van der Waals surface area contributed by atoms with Crippen molar-refractivity contribution in [2.75, 3.05) is 0 Å². The lowest BCUT2D eigenvalue weighted by molar-refractivity contribution is -0.144. The van der Waals surface area contributed by atoms with Crippen molar-refractivity contribution in [1.82, 2.24) is 4.90 Å². The molecular weight excluding hydrogens is 278 g/mol. The number of aryl methyl sites for hydroxylation is 1. The van der Waals surface area contributed by atoms with Crippen LogP contribution in [0.4, 0.5) is 0 Å². The van der Waals surface area contributed by atoms with Crippen LogP contribution in [0.1, 0.15) is 57.4 Å². The van der Waals surface area contributed by atoms with Crippen LogP contribution in [-0.2, 0) is 14.3 Å². The fourth-order valence-electron chi connectivity index (χ4n) is 2.79. The fraction of sp³-hybridized carbons (Fsp3) is 0.556. The van der Waals surface area contributed by atoms with Gasteiger partial charge in [0.1, 0.15) is 6.04 Å². The molecule has 0 radical (unpaired) electrons. The molecular formula is C18H25NO3. The molecule has 1 unspecified atom stereocenters. The average Bonchev–Trinajstić information content (AvgIpc) is 2.83. The number of hydrogen-bond acceptors (Lipinski definition) is 3. The molecule has 0 aliphatic carbocycles. The second kappa shape index (κ2) is 6.95. The molecule has 0 aromatic heterocycles. The number of carbonyl (C=O) groups is 2. The zero-order chi connectivity index (χ0) is 16.3. The highest BCUT2D eigenvalue weighted by Crippen LogP contribution is 2.35. The van der Waals surface area contributed by atoms with E-state index in [0.717, 1.165) is 24.0 Å². The summed E-state index contributed by atoms with van der Waals surface area (Å²) in [6.45, 7) is 7.95. The van der Waals surface area contributed by atoms with E-state index < -0.39 is 12.3 Å². The third-order valence-corrected chi connectivity index (χ3v) is 4.05. The third kappa shape index (κ3) is 3.32. The first-order chi connectivity index (χ1) is 10.5. The lowest BCUT2D eigenvalue weighted by Gasteiger charge is -2.28. The zero-order valence-electron chi connectivity index (χ0n) is 13.8. The summed E-state index contributed by atoms with van der Waals surface area (Å²) in [4.78, 5) is 26.5. The van der Waals surface area contributed by atoms with Crippen LogP contribution in [0.5, 0.6) is 0 Å². The standard InChI is InChI=1S/C18H25NO3/c1-5-6-7-15(20)19-16(12(2)3)18(21)22-17(19)14-10-8-13(4)9-11-14/h8-12,16-17H,5-7H2,1-4H3/t16-,17?/m0/s1. The van der Waals surface area contributed by atoms with E-state index in [4.69, 9.17) is 4.74 Å². The van der Waals surface area contributed by atoms with E-state index in [1.165, 1.54) is 0 Å². The minimum absolute atomic E-state index is 0.00280. The molecule has 0 spiro atoms. The Labute approximate surface area is 132 Å². The summed E-state index contributed by atoms with van der Waals surface area (Å²) < 4.78 is 5.54. The quantitative estimate of drug-likeness (QED) is 0.781. The van der Waals surface area contributed by atoms with Crippen LogP contribution >= 0.6 is 0 Å². The summed E-state index contributed by atoms with van der Waals surface area (Å²) in [5, 5.41) is 0. The second-order valence-electron chi connectivity index (χ2n) is 6.29. The summed E-state index contributed by atoms with van der Waals surface area (Å²) in [7, 11) is 0. The fourth-order valence-corrected chi connectivity index (χ4v) is 2.79. The first-order valence-electron chi connectivity index (χ1n) is 8.04. The molecule has 0 saturated carbocycles. The molecule has 4 heteroatoms. The van der Waals surface area contributed by atoms with Crippen molar-refractivity contribution in [3.63, 3.8) is 0 Å². The van der Waals surface area contributed by atoms with Gasteiger partial charge in [0, 0.05) is 12.0 Å². The van der Waals surface area contributed by atoms with Gasteiger partial charge in [-0.3, -0.25) is 9.69 Å². The van der Waals surface area contributed by atoms with Crippen LogP contribution in [0.15, 0.2) is 24.3 Å². The van der Waals surface area contributed by atoms with Crippen molar-refractivity contribution in [3.05, 3.63) is 35.4 Å². The first kappa shape index (κ1) is 16.5. The van der Waals surface area contributed by atoms with Gasteiger partial charge >= 0.3 is 5.97 Å². The number of benzene rings is 1. The Morgan fingerprint density at radius 1 is 1.27 bits per heavy atom. The molecule has 1 fully saturated rings. The molecule has 120 valence electrons. The number of esters is 1. The third-order valence-electron chi connectivity index (χ3n) is 4.05. The summed E-state index contributed by atoms with van der Waals surface area (Å²) in [5.74, 6) is -0.268. The van der Waals surface area contributed by atoms with E-state index in [-0.39, 0.29) is 17.8 Å². The van der Waals surface area contributed by atoms with Crippen LogP contribution in [0.2, 0.25) is 0 Å². The highest BCUT2D eigenvalue weighted by Gasteiger charge is 2.46. The van der Waals surface area contributed by atoms with E-state index in [9.17, 15) is 9.59 Å². The Hall–Kier alpha value is -1.84. The number of amides is 1. The van der Waals surface area contributed by atoms with Crippen molar-refractivity contribution in [2.45, 2.75) is 59.2 Å². The first-order valence-corrected chi connectivity index (χ1v) is 8.04. The largest absolute Gasteiger partial charge is 0.435 e. The Balaban J connectivity index is 2.32. The molecule has 2 rings (SSSR count). The van der Waals surface area contributed by atoms with Gasteiger partial charge in [0.05, 0.1) is 0 Å². The van der Waals surface area contributed by atoms with E-state index in [1.807, 2.05) is 45.0 Å². The molecule has 1 aromatic carbocycles. The Kier molecular flexibility index (Phi) is 5.22. The maximum Gasteiger partial charge on any atom is 0.331 e. The predicted octanol–water partition coefficient (Wildman–Crippen LogP) is 3.59. The van der Waals surface area contributed by atoms with E-state index in [1.54, 1.807) is 4.90 Å². The van der Waals surface area contributed by atoms with Crippen molar-refractivity contribution < 1.29 is 14.3 Å². The number of unbranched alkanes of at least 4 members (excludes halogenated alkanes) is 1. The monoisotopic (exact) mass is 303 g/mol. The smallest absolute Gasteiger partial charge is 0.331 e. The van der Waals surface area contributed by atoms with Crippen molar-refractivity contribution in [3.8, 4) is 0 Å². The Bertz CT molecular complexity index is 536. The summed E-state index contributed by atoms with van der Waals surface area (Å²) in [5.41, 5.74) is 1.99. The lowest BCUT2D eigenvalue weighted by atomic mass is 10.0. The number of ether oxygens (including phenoxy) is 1. The summed E-state index contributed by atoms with van der Waals surface area (Å²) in [6, 6.07) is 7.31. The molecule has 4 nitrogen and oxygen atoms in total. The Morgan fingerprint density at radius 3 is 2.45 bits per heavy atom. The molecule has 0 N–H and O–H groups in total. The summed E-state index contributed by atoms with van der Waals surface area (Å²) in [6.07, 6.45) is 1.65. The topological polar surface area (TPSA) is 46.6 Å². The van der Waals surface area contributed by atoms with E-state index >= 15 is 0 Å². The lowest BCUT2D eigenvalue weighted by Crippen LogP contribution is -2.42. The van der Waals surface area contributed by atoms with Gasteiger partial charge in [-0.05, 0) is 19.3 Å². The average molecular weight is 303 g/mol. The molecule has 1 aromatic rings. The molecule has 1 saturated heterocycles. The normalized spacial score (nSPS) is 21.3. The molecule has 1 aliphatic heterocycles. The summed E-state index contributed by atoms with van der Waals surface area (Å²) >= 11 is 0. The molecule has 1 aliphatic rings. The molecule has 1 heterocycles. The van der Waals surface area contributed by atoms with Crippen LogP contribution in [0, 0.1) is 12.8 Å². The van der Waals surface area contributed by atoms with Gasteiger partial charge in [0.15, 0.2) is 0 Å². The van der Waals surface area contributed by atoms with Gasteiger partial charge in [-0.2, -0.15) is 0 Å². The number of cyclic esters (lactones) is 1. The van der Waals surface area contributed by atoms with Crippen LogP contribution in [0.25, 0.3) is 0 Å². The van der Waals surface area contributed by atoms with Gasteiger partial charge in [0.25, 0.3) is 0 Å². The maximum absolute atomic E-state index is 12.6. The molecule has 2 atom stereocenters. The number of carbonyl (C=O) groups excluding carboxylic acids is 2. The van der Waals surface area contributed by atoms with Crippen LogP contribution < -0.4 is 0 Å². The molecule has 22 heavy (non-hydrogen) atoms. The van der Waals surface area contributed by atoms with Crippen molar-refractivity contribution >= 4 is 11.9 Å². The maximum atomic E-state index is 12.6. The van der Waals surface area contributed by atoms with Crippen LogP contribution in [0.3, 0.4) is 0 Å². The van der Waals surface area contributed by atoms with Crippen LogP contribution in [-0.4, -0.2) is 22.8 Å². The van der Waals surface area contributed by atoms with E-state index in [2.05, 4.69) is 6.92 Å². The Morgan fingerprint density at radius 2 is 1.91 bits per heavy atom. The highest BCUT2D eigenvalue weighted by atomic mass is 16.6. The molecule has 1 amide bonds. The predicted molar refractivity (Wildman–Crippen MR) is 85.0 cm³/mol. The minimum Gasteiger partial charge on any atom is -0.435 e. The highest BCUT2D eigenvalue weighted by molar-refractivity contribution is 5.87. The number of rotatable bonds is 5. The number of hydrogen-bond donors (Lipinski definition) is 0. The second-order valence-corrected chi connectivity index (χ2v) is 6.29. The zero-order valence-corrected chi connectivity index (χ0v) is 13.8. The van der Waals surface area contributed by atoms with Gasteiger partial charge in [-0.15, -0.1) is 0 Å². The van der Waals surface area contributed by atoms with Gasteiger partial charge in [-0.25, -0.2) is 4.79 Å². The van der Waals surface area contributed by atoms with Crippen molar-refractivity contribution in [2.24, 2.45) is 5.92 Å². The van der Waals surface area contributed by atoms with Gasteiger partial charge < -0.3 is 4.74 Å². The number of nitrogens with zero attached hydrogens (tertiary/aromatic N) is 1.